The molecule has 0 radical (unpaired) electrons. The Hall–Kier alpha value is -0.641. The minimum atomic E-state index is 0.341. The van der Waals surface area contributed by atoms with Crippen molar-refractivity contribution in [3.63, 3.8) is 0 Å². The first kappa shape index (κ1) is 13.8. The topological polar surface area (TPSA) is 28.0 Å². The number of hydrazone groups is 1. The SMILES string of the molecule is CC(C)N=C1[Se]CC(c2ccc(Br)cc2)=NN1C. The average Bonchev–Trinajstić information content (AvgIpc) is 2.32. The Bertz CT molecular complexity index is 480. The van der Waals surface area contributed by atoms with Gasteiger partial charge < -0.3 is 0 Å². The van der Waals surface area contributed by atoms with Crippen molar-refractivity contribution in [1.29, 1.82) is 0 Å². The fourth-order valence-electron chi connectivity index (χ4n) is 1.60. The molecular weight excluding hydrogens is 357 g/mol. The van der Waals surface area contributed by atoms with Gasteiger partial charge in [0, 0.05) is 0 Å². The Balaban J connectivity index is 2.21. The van der Waals surface area contributed by atoms with Gasteiger partial charge >= 0.3 is 123 Å². The van der Waals surface area contributed by atoms with Crippen molar-refractivity contribution in [1.82, 2.24) is 5.01 Å². The molecule has 3 nitrogen and oxygen atoms in total. The maximum absolute atomic E-state index is 4.64. The fraction of sp³-hybridized carbons (Fsp3) is 0.385. The zero-order chi connectivity index (χ0) is 13.1. The molecular formula is C13H16BrN3Se. The van der Waals surface area contributed by atoms with Crippen LogP contribution in [0.5, 0.6) is 0 Å². The summed E-state index contributed by atoms with van der Waals surface area (Å²) in [5.74, 6) is 0. The Labute approximate surface area is 123 Å². The Morgan fingerprint density at radius 2 is 2.00 bits per heavy atom. The zero-order valence-electron chi connectivity index (χ0n) is 10.7. The third-order valence-electron chi connectivity index (χ3n) is 2.43. The van der Waals surface area contributed by atoms with Crippen LogP contribution in [0, 0.1) is 0 Å². The first-order valence-corrected chi connectivity index (χ1v) is 8.70. The molecule has 18 heavy (non-hydrogen) atoms. The molecule has 0 aliphatic carbocycles. The summed E-state index contributed by atoms with van der Waals surface area (Å²) in [6, 6.07) is 8.67. The van der Waals surface area contributed by atoms with Crippen LogP contribution in [0.1, 0.15) is 19.4 Å². The van der Waals surface area contributed by atoms with Crippen molar-refractivity contribution in [3.05, 3.63) is 34.3 Å². The van der Waals surface area contributed by atoms with E-state index in [4.69, 9.17) is 0 Å². The summed E-state index contributed by atoms with van der Waals surface area (Å²) in [5.41, 5.74) is 2.36. The predicted molar refractivity (Wildman–Crippen MR) is 81.6 cm³/mol. The minimum absolute atomic E-state index is 0.341. The van der Waals surface area contributed by atoms with Crippen LogP contribution in [0.3, 0.4) is 0 Å². The van der Waals surface area contributed by atoms with E-state index in [1.807, 2.05) is 12.1 Å². The van der Waals surface area contributed by atoms with Crippen LogP contribution < -0.4 is 0 Å². The van der Waals surface area contributed by atoms with Gasteiger partial charge in [-0.2, -0.15) is 0 Å². The van der Waals surface area contributed by atoms with Gasteiger partial charge in [0.15, 0.2) is 0 Å². The molecule has 0 unspecified atom stereocenters. The van der Waals surface area contributed by atoms with Gasteiger partial charge in [0.1, 0.15) is 0 Å². The van der Waals surface area contributed by atoms with Gasteiger partial charge in [0.25, 0.3) is 0 Å². The third kappa shape index (κ3) is 3.44. The standard InChI is InChI=1S/C13H16BrN3Se/c1-9(2)15-13-17(3)16-12(8-18-13)10-4-6-11(14)7-5-10/h4-7,9H,8H2,1-3H3. The second-order valence-corrected chi connectivity index (χ2v) is 7.26. The number of hydrogen-bond acceptors (Lipinski definition) is 2. The molecule has 2 rings (SSSR count). The summed E-state index contributed by atoms with van der Waals surface area (Å²) in [5, 5.41) is 7.59. The van der Waals surface area contributed by atoms with Gasteiger partial charge in [-0.3, -0.25) is 0 Å². The van der Waals surface area contributed by atoms with Crippen LogP contribution in [-0.4, -0.2) is 43.5 Å². The molecule has 0 saturated carbocycles. The van der Waals surface area contributed by atoms with Gasteiger partial charge in [-0.25, -0.2) is 0 Å². The van der Waals surface area contributed by atoms with E-state index in [0.29, 0.717) is 21.0 Å². The number of nitrogens with zero attached hydrogens (tertiary/aromatic N) is 3. The van der Waals surface area contributed by atoms with Crippen LogP contribution in [0.2, 0.25) is 5.32 Å². The summed E-state index contributed by atoms with van der Waals surface area (Å²) in [4.78, 5) is 4.62. The molecule has 0 fully saturated rings. The van der Waals surface area contributed by atoms with Crippen molar-refractivity contribution in [2.24, 2.45) is 10.1 Å². The molecule has 0 bridgehead atoms. The number of rotatable bonds is 2. The first-order valence-electron chi connectivity index (χ1n) is 5.84. The van der Waals surface area contributed by atoms with Crippen molar-refractivity contribution < 1.29 is 0 Å². The normalized spacial score (nSPS) is 18.4. The van der Waals surface area contributed by atoms with E-state index >= 15 is 0 Å². The first-order chi connectivity index (χ1) is 8.56. The second-order valence-electron chi connectivity index (χ2n) is 4.37. The maximum atomic E-state index is 4.64. The van der Waals surface area contributed by atoms with Crippen LogP contribution in [-0.2, 0) is 0 Å². The van der Waals surface area contributed by atoms with E-state index in [1.165, 1.54) is 5.56 Å². The molecule has 0 atom stereocenters. The van der Waals surface area contributed by atoms with Gasteiger partial charge in [-0.1, -0.05) is 0 Å². The molecule has 1 aromatic rings. The van der Waals surface area contributed by atoms with Gasteiger partial charge in [0.05, 0.1) is 0 Å². The zero-order valence-corrected chi connectivity index (χ0v) is 14.0. The molecule has 0 aromatic heterocycles. The van der Waals surface area contributed by atoms with E-state index in [9.17, 15) is 0 Å². The predicted octanol–water partition coefficient (Wildman–Crippen LogP) is 2.99. The van der Waals surface area contributed by atoms with E-state index in [1.54, 1.807) is 0 Å². The summed E-state index contributed by atoms with van der Waals surface area (Å²) in [6.07, 6.45) is 0. The van der Waals surface area contributed by atoms with E-state index in [2.05, 4.69) is 64.1 Å². The molecule has 1 aromatic carbocycles. The van der Waals surface area contributed by atoms with Crippen molar-refractivity contribution in [2.45, 2.75) is 25.2 Å². The van der Waals surface area contributed by atoms with Crippen LogP contribution in [0.25, 0.3) is 0 Å². The number of amidine groups is 1. The van der Waals surface area contributed by atoms with Crippen molar-refractivity contribution >= 4 is 41.3 Å². The monoisotopic (exact) mass is 373 g/mol. The Morgan fingerprint density at radius 1 is 1.33 bits per heavy atom. The summed E-state index contributed by atoms with van der Waals surface area (Å²) < 4.78 is 2.24. The second kappa shape index (κ2) is 6.00. The summed E-state index contributed by atoms with van der Waals surface area (Å²) in [7, 11) is 1.99. The molecule has 0 saturated heterocycles. The van der Waals surface area contributed by atoms with Gasteiger partial charge in [-0.15, -0.1) is 0 Å². The van der Waals surface area contributed by atoms with Crippen molar-refractivity contribution in [2.75, 3.05) is 7.05 Å². The average molecular weight is 373 g/mol. The summed E-state index contributed by atoms with van der Waals surface area (Å²) >= 11 is 3.83. The molecule has 0 amide bonds. The Morgan fingerprint density at radius 3 is 2.56 bits per heavy atom. The van der Waals surface area contributed by atoms with Gasteiger partial charge in [0.2, 0.25) is 0 Å². The quantitative estimate of drug-likeness (QED) is 0.733. The van der Waals surface area contributed by atoms with Crippen LogP contribution in [0.4, 0.5) is 0 Å². The molecule has 0 spiro atoms. The molecule has 1 aliphatic heterocycles. The van der Waals surface area contributed by atoms with E-state index < -0.39 is 0 Å². The van der Waals surface area contributed by atoms with Crippen LogP contribution >= 0.6 is 15.9 Å². The molecule has 1 heterocycles. The third-order valence-corrected chi connectivity index (χ3v) is 5.15. The molecule has 5 heteroatoms. The van der Waals surface area contributed by atoms with Crippen molar-refractivity contribution in [3.8, 4) is 0 Å². The fourth-order valence-corrected chi connectivity index (χ4v) is 3.97. The molecule has 96 valence electrons. The van der Waals surface area contributed by atoms with E-state index in [0.717, 1.165) is 20.2 Å². The molecule has 1 aliphatic rings. The number of halogens is 1. The number of benzene rings is 1. The number of hydrogen-bond donors (Lipinski definition) is 0. The molecule has 0 N–H and O–H groups in total. The number of aliphatic imine (C=N–C) groups is 1. The Kier molecular flexibility index (Phi) is 4.60. The van der Waals surface area contributed by atoms with E-state index in [-0.39, 0.29) is 0 Å². The van der Waals surface area contributed by atoms with Crippen LogP contribution in [0.15, 0.2) is 38.8 Å². The van der Waals surface area contributed by atoms with Gasteiger partial charge in [-0.05, 0) is 0 Å². The summed E-state index contributed by atoms with van der Waals surface area (Å²) in [6.45, 7) is 4.20.